The third-order valence-electron chi connectivity index (χ3n) is 3.10. The maximum atomic E-state index is 12.0. The van der Waals surface area contributed by atoms with Crippen LogP contribution in [0.15, 0.2) is 30.3 Å². The average Bonchev–Trinajstić information content (AvgIpc) is 2.92. The van der Waals surface area contributed by atoms with Crippen molar-refractivity contribution in [1.29, 1.82) is 0 Å². The quantitative estimate of drug-likeness (QED) is 0.814. The SMILES string of the molecule is O=C(Nc1ccc(O)cc1)c1cc2c(s1)CCC2. The normalized spacial score (nSPS) is 13.3. The number of nitrogens with one attached hydrogen (secondary N) is 1. The van der Waals surface area contributed by atoms with E-state index >= 15 is 0 Å². The zero-order valence-corrected chi connectivity index (χ0v) is 10.6. The van der Waals surface area contributed by atoms with Crippen molar-refractivity contribution in [2.75, 3.05) is 5.32 Å². The summed E-state index contributed by atoms with van der Waals surface area (Å²) in [6.45, 7) is 0. The van der Waals surface area contributed by atoms with Gasteiger partial charge in [0, 0.05) is 10.6 Å². The van der Waals surface area contributed by atoms with E-state index in [2.05, 4.69) is 5.32 Å². The van der Waals surface area contributed by atoms with Gasteiger partial charge in [-0.25, -0.2) is 0 Å². The van der Waals surface area contributed by atoms with Crippen LogP contribution in [0.1, 0.15) is 26.5 Å². The predicted octanol–water partition coefficient (Wildman–Crippen LogP) is 3.19. The number of aryl methyl sites for hydroxylation is 2. The van der Waals surface area contributed by atoms with Gasteiger partial charge in [0.05, 0.1) is 4.88 Å². The molecule has 0 aliphatic heterocycles. The molecule has 0 atom stereocenters. The molecule has 1 aliphatic carbocycles. The highest BCUT2D eigenvalue weighted by Gasteiger charge is 2.18. The van der Waals surface area contributed by atoms with Gasteiger partial charge >= 0.3 is 0 Å². The van der Waals surface area contributed by atoms with E-state index in [1.807, 2.05) is 6.07 Å². The smallest absolute Gasteiger partial charge is 0.265 e. The first-order valence-electron chi connectivity index (χ1n) is 5.94. The first kappa shape index (κ1) is 11.3. The fourth-order valence-corrected chi connectivity index (χ4v) is 3.33. The van der Waals surface area contributed by atoms with Crippen LogP contribution in [0.25, 0.3) is 0 Å². The Bertz CT molecular complexity index is 565. The molecule has 1 heterocycles. The number of phenolic OH excluding ortho intramolecular Hbond substituents is 1. The third kappa shape index (κ3) is 2.11. The Labute approximate surface area is 109 Å². The molecule has 18 heavy (non-hydrogen) atoms. The average molecular weight is 259 g/mol. The maximum absolute atomic E-state index is 12.0. The Hall–Kier alpha value is -1.81. The van der Waals surface area contributed by atoms with Crippen molar-refractivity contribution in [3.05, 3.63) is 45.6 Å². The number of aromatic hydroxyl groups is 1. The molecule has 0 radical (unpaired) electrons. The van der Waals surface area contributed by atoms with Crippen LogP contribution in [-0.2, 0) is 12.8 Å². The highest BCUT2D eigenvalue weighted by atomic mass is 32.1. The summed E-state index contributed by atoms with van der Waals surface area (Å²) < 4.78 is 0. The highest BCUT2D eigenvalue weighted by molar-refractivity contribution is 7.14. The van der Waals surface area contributed by atoms with Crippen molar-refractivity contribution in [3.8, 4) is 5.75 Å². The second-order valence-electron chi connectivity index (χ2n) is 4.41. The van der Waals surface area contributed by atoms with E-state index in [1.54, 1.807) is 35.6 Å². The van der Waals surface area contributed by atoms with Crippen molar-refractivity contribution in [2.45, 2.75) is 19.3 Å². The molecule has 3 nitrogen and oxygen atoms in total. The number of carbonyl (C=O) groups excluding carboxylic acids is 1. The van der Waals surface area contributed by atoms with Gasteiger partial charge in [-0.3, -0.25) is 4.79 Å². The molecular formula is C14H13NO2S. The minimum Gasteiger partial charge on any atom is -0.508 e. The van der Waals surface area contributed by atoms with Crippen molar-refractivity contribution in [3.63, 3.8) is 0 Å². The van der Waals surface area contributed by atoms with Crippen molar-refractivity contribution >= 4 is 22.9 Å². The Kier molecular flexibility index (Phi) is 2.80. The van der Waals surface area contributed by atoms with Crippen LogP contribution in [0.2, 0.25) is 0 Å². The number of hydrogen-bond donors (Lipinski definition) is 2. The summed E-state index contributed by atoms with van der Waals surface area (Å²) in [5, 5.41) is 12.0. The molecule has 1 amide bonds. The standard InChI is InChI=1S/C14H13NO2S/c16-11-6-4-10(5-7-11)15-14(17)13-8-9-2-1-3-12(9)18-13/h4-8,16H,1-3H2,(H,15,17). The number of amides is 1. The number of rotatable bonds is 2. The summed E-state index contributed by atoms with van der Waals surface area (Å²) in [4.78, 5) is 14.2. The first-order chi connectivity index (χ1) is 8.72. The molecular weight excluding hydrogens is 246 g/mol. The molecule has 0 saturated heterocycles. The minimum atomic E-state index is -0.0694. The molecule has 1 aromatic heterocycles. The van der Waals surface area contributed by atoms with Gasteiger partial charge in [0.2, 0.25) is 0 Å². The zero-order valence-electron chi connectivity index (χ0n) is 9.77. The van der Waals surface area contributed by atoms with Gasteiger partial charge in [-0.1, -0.05) is 0 Å². The van der Waals surface area contributed by atoms with Gasteiger partial charge in [-0.15, -0.1) is 11.3 Å². The fraction of sp³-hybridized carbons (Fsp3) is 0.214. The molecule has 0 fully saturated rings. The lowest BCUT2D eigenvalue weighted by atomic mass is 10.2. The molecule has 1 aliphatic rings. The zero-order chi connectivity index (χ0) is 12.5. The van der Waals surface area contributed by atoms with Crippen molar-refractivity contribution in [2.24, 2.45) is 0 Å². The maximum Gasteiger partial charge on any atom is 0.265 e. The van der Waals surface area contributed by atoms with Crippen LogP contribution in [-0.4, -0.2) is 11.0 Å². The molecule has 0 bridgehead atoms. The topological polar surface area (TPSA) is 49.3 Å². The number of hydrogen-bond acceptors (Lipinski definition) is 3. The number of phenols is 1. The largest absolute Gasteiger partial charge is 0.508 e. The monoisotopic (exact) mass is 259 g/mol. The van der Waals surface area contributed by atoms with Gasteiger partial charge in [-0.05, 0) is 55.2 Å². The van der Waals surface area contributed by atoms with E-state index in [1.165, 1.54) is 16.9 Å². The van der Waals surface area contributed by atoms with Gasteiger partial charge in [-0.2, -0.15) is 0 Å². The van der Waals surface area contributed by atoms with Crippen LogP contribution in [0, 0.1) is 0 Å². The lowest BCUT2D eigenvalue weighted by Gasteiger charge is -2.03. The Morgan fingerprint density at radius 2 is 2.00 bits per heavy atom. The lowest BCUT2D eigenvalue weighted by molar-refractivity contribution is 0.103. The second kappa shape index (κ2) is 4.46. The summed E-state index contributed by atoms with van der Waals surface area (Å²) in [5.74, 6) is 0.128. The Morgan fingerprint density at radius 3 is 2.72 bits per heavy atom. The van der Waals surface area contributed by atoms with Gasteiger partial charge in [0.25, 0.3) is 5.91 Å². The molecule has 3 rings (SSSR count). The predicted molar refractivity (Wildman–Crippen MR) is 72.4 cm³/mol. The van der Waals surface area contributed by atoms with Crippen LogP contribution >= 0.6 is 11.3 Å². The minimum absolute atomic E-state index is 0.0694. The summed E-state index contributed by atoms with van der Waals surface area (Å²) in [7, 11) is 0. The highest BCUT2D eigenvalue weighted by Crippen LogP contribution is 2.31. The van der Waals surface area contributed by atoms with Crippen LogP contribution < -0.4 is 5.32 Å². The lowest BCUT2D eigenvalue weighted by Crippen LogP contribution is -2.09. The number of benzene rings is 1. The molecule has 4 heteroatoms. The van der Waals surface area contributed by atoms with Crippen LogP contribution in [0.4, 0.5) is 5.69 Å². The van der Waals surface area contributed by atoms with Gasteiger partial charge in [0.1, 0.15) is 5.75 Å². The van der Waals surface area contributed by atoms with Gasteiger partial charge in [0.15, 0.2) is 0 Å². The van der Waals surface area contributed by atoms with E-state index in [4.69, 9.17) is 0 Å². The third-order valence-corrected chi connectivity index (χ3v) is 4.33. The number of carbonyl (C=O) groups is 1. The summed E-state index contributed by atoms with van der Waals surface area (Å²) in [6.07, 6.45) is 3.41. The first-order valence-corrected chi connectivity index (χ1v) is 6.76. The molecule has 2 aromatic rings. The van der Waals surface area contributed by atoms with Gasteiger partial charge < -0.3 is 10.4 Å². The number of thiophene rings is 1. The van der Waals surface area contributed by atoms with E-state index in [9.17, 15) is 9.90 Å². The molecule has 1 aromatic carbocycles. The van der Waals surface area contributed by atoms with Crippen molar-refractivity contribution in [1.82, 2.24) is 0 Å². The number of fused-ring (bicyclic) bond motifs is 1. The van der Waals surface area contributed by atoms with E-state index in [0.29, 0.717) is 5.69 Å². The Balaban J connectivity index is 1.76. The van der Waals surface area contributed by atoms with E-state index in [0.717, 1.165) is 17.7 Å². The second-order valence-corrected chi connectivity index (χ2v) is 5.55. The molecule has 0 saturated carbocycles. The van der Waals surface area contributed by atoms with Crippen LogP contribution in [0.3, 0.4) is 0 Å². The van der Waals surface area contributed by atoms with Crippen molar-refractivity contribution < 1.29 is 9.90 Å². The Morgan fingerprint density at radius 1 is 1.22 bits per heavy atom. The summed E-state index contributed by atoms with van der Waals surface area (Å²) >= 11 is 1.59. The summed E-state index contributed by atoms with van der Waals surface area (Å²) in [6, 6.07) is 8.50. The molecule has 0 spiro atoms. The van der Waals surface area contributed by atoms with E-state index in [-0.39, 0.29) is 11.7 Å². The van der Waals surface area contributed by atoms with E-state index < -0.39 is 0 Å². The van der Waals surface area contributed by atoms with Crippen LogP contribution in [0.5, 0.6) is 5.75 Å². The number of anilines is 1. The molecule has 0 unspecified atom stereocenters. The summed E-state index contributed by atoms with van der Waals surface area (Å²) in [5.41, 5.74) is 2.03. The molecule has 2 N–H and O–H groups in total. The molecule has 92 valence electrons. The fourth-order valence-electron chi connectivity index (χ4n) is 2.18.